The lowest BCUT2D eigenvalue weighted by atomic mass is 9.96. The van der Waals surface area contributed by atoms with Crippen molar-refractivity contribution in [3.05, 3.63) is 323 Å². The minimum Gasteiger partial charge on any atom is -0.385 e. The summed E-state index contributed by atoms with van der Waals surface area (Å²) in [6, 6.07) is 88.5. The number of benzene rings is 9. The highest BCUT2D eigenvalue weighted by molar-refractivity contribution is 5.21. The molecule has 9 aromatic rings. The molecule has 0 aliphatic carbocycles. The summed E-state index contributed by atoms with van der Waals surface area (Å²) in [6.07, 6.45) is -15.7. The number of hydrogen-bond acceptors (Lipinski definition) is 16. The first-order valence-corrected chi connectivity index (χ1v) is 33.4. The van der Waals surface area contributed by atoms with Gasteiger partial charge in [-0.2, -0.15) is 0 Å². The molecule has 2 N–H and O–H groups in total. The van der Waals surface area contributed by atoms with Crippen molar-refractivity contribution in [2.45, 2.75) is 152 Å². The lowest BCUT2D eigenvalue weighted by Crippen LogP contribution is -2.64. The maximum absolute atomic E-state index is 12.8. The van der Waals surface area contributed by atoms with Crippen LogP contribution in [0.4, 0.5) is 0 Å². The van der Waals surface area contributed by atoms with E-state index in [0.717, 1.165) is 50.1 Å². The molecule has 16 heteroatoms. The van der Waals surface area contributed by atoms with E-state index in [2.05, 4.69) is 0 Å². The molecule has 3 heterocycles. The van der Waals surface area contributed by atoms with Gasteiger partial charge in [0, 0.05) is 0 Å². The molecule has 9 aromatic carbocycles. The topological polar surface area (TPSA) is 170 Å². The van der Waals surface area contributed by atoms with Crippen LogP contribution in [0.15, 0.2) is 273 Å². The first-order chi connectivity index (χ1) is 47.9. The molecule has 3 aliphatic heterocycles. The summed E-state index contributed by atoms with van der Waals surface area (Å²) < 4.78 is 96.7. The molecule has 0 amide bonds. The molecular weight excluding hydrogens is 1230 g/mol. The summed E-state index contributed by atoms with van der Waals surface area (Å²) in [4.78, 5) is 0. The summed E-state index contributed by atoms with van der Waals surface area (Å²) in [5.74, 6) is 0. The Morgan fingerprint density at radius 2 is 0.454 bits per heavy atom. The third-order valence-electron chi connectivity index (χ3n) is 17.3. The van der Waals surface area contributed by atoms with E-state index in [4.69, 9.17) is 66.3 Å². The minimum atomic E-state index is -1.50. The van der Waals surface area contributed by atoms with Crippen LogP contribution >= 0.6 is 0 Å². The first kappa shape index (κ1) is 69.2. The zero-order chi connectivity index (χ0) is 66.1. The van der Waals surface area contributed by atoms with Crippen LogP contribution in [0, 0.1) is 0 Å². The molecular formula is C81H86O16. The molecule has 3 aliphatic rings. The number of ether oxygens (including phenoxy) is 14. The Kier molecular flexibility index (Phi) is 26.3. The van der Waals surface area contributed by atoms with E-state index < -0.39 is 92.1 Å². The van der Waals surface area contributed by atoms with Crippen molar-refractivity contribution >= 4 is 0 Å². The van der Waals surface area contributed by atoms with Gasteiger partial charge in [-0.3, -0.25) is 0 Å². The maximum atomic E-state index is 12.8. The fraction of sp³-hybridized carbons (Fsp3) is 0.333. The Hall–Kier alpha value is -7.66. The zero-order valence-corrected chi connectivity index (χ0v) is 54.2. The molecule has 15 atom stereocenters. The number of aliphatic hydroxyl groups is 2. The second kappa shape index (κ2) is 36.8. The molecule has 0 saturated carbocycles. The van der Waals surface area contributed by atoms with Crippen molar-refractivity contribution in [3.8, 4) is 0 Å². The van der Waals surface area contributed by atoms with Crippen LogP contribution in [0.25, 0.3) is 0 Å². The van der Waals surface area contributed by atoms with Crippen LogP contribution in [0.2, 0.25) is 0 Å². The highest BCUT2D eigenvalue weighted by Crippen LogP contribution is 2.36. The van der Waals surface area contributed by atoms with Gasteiger partial charge in [0.2, 0.25) is 0 Å². The minimum absolute atomic E-state index is 0.0622. The number of rotatable bonds is 34. The number of hydrogen-bond donors (Lipinski definition) is 2. The van der Waals surface area contributed by atoms with Crippen molar-refractivity contribution in [2.75, 3.05) is 19.8 Å². The van der Waals surface area contributed by atoms with Gasteiger partial charge in [-0.1, -0.05) is 273 Å². The third kappa shape index (κ3) is 20.2. The molecule has 0 radical (unpaired) electrons. The van der Waals surface area contributed by atoms with E-state index >= 15 is 0 Å². The standard InChI is InChI=1S/C81H86O16/c82-70-74(88-50-62-36-18-5-19-37-62)71(85-47-59-30-12-2-13-31-59)67(55-84-46-58-28-10-1-11-29-58)96-80(70)93-57-69-73(87-49-61-34-16-4-17-35-61)76(90-52-64-40-22-7-23-41-64)78(92-54-66-44-26-9-27-45-66)81(97-69)94-56-68-72(86-48-60-32-14-3-15-33-60)75(89-51-63-38-20-6-21-39-63)77(79(83)95-68)91-53-65-42-24-8-25-43-65/h1-45,67-83H,46-57H2/t67-,68-,69-,70+,71-,72-,73-,74-,75+,76+,77+,78+,79+,80+,81+/m1/s1. The van der Waals surface area contributed by atoms with E-state index in [1.807, 2.05) is 273 Å². The Balaban J connectivity index is 0.885. The van der Waals surface area contributed by atoms with Crippen LogP contribution in [0.5, 0.6) is 0 Å². The maximum Gasteiger partial charge on any atom is 0.187 e. The van der Waals surface area contributed by atoms with E-state index in [9.17, 15) is 10.2 Å². The van der Waals surface area contributed by atoms with Gasteiger partial charge >= 0.3 is 0 Å². The van der Waals surface area contributed by atoms with Gasteiger partial charge in [0.25, 0.3) is 0 Å². The highest BCUT2D eigenvalue weighted by atomic mass is 16.8. The van der Waals surface area contributed by atoms with Gasteiger partial charge in [-0.15, -0.1) is 0 Å². The van der Waals surface area contributed by atoms with Gasteiger partial charge in [-0.25, -0.2) is 0 Å². The van der Waals surface area contributed by atoms with Gasteiger partial charge in [0.1, 0.15) is 73.2 Å². The average molecular weight is 1320 g/mol. The molecule has 506 valence electrons. The average Bonchev–Trinajstić information content (AvgIpc) is 0.850. The van der Waals surface area contributed by atoms with E-state index in [0.29, 0.717) is 6.61 Å². The van der Waals surface area contributed by atoms with E-state index in [-0.39, 0.29) is 72.7 Å². The van der Waals surface area contributed by atoms with Gasteiger partial charge in [0.05, 0.1) is 79.3 Å². The number of aliphatic hydroxyl groups excluding tert-OH is 2. The van der Waals surface area contributed by atoms with Gasteiger partial charge in [-0.05, 0) is 50.1 Å². The molecule has 0 unspecified atom stereocenters. The largest absolute Gasteiger partial charge is 0.385 e. The molecule has 3 fully saturated rings. The zero-order valence-electron chi connectivity index (χ0n) is 54.2. The van der Waals surface area contributed by atoms with E-state index in [1.165, 1.54) is 0 Å². The Morgan fingerprint density at radius 3 is 0.804 bits per heavy atom. The summed E-state index contributed by atoms with van der Waals surface area (Å²) in [5.41, 5.74) is 8.23. The molecule has 97 heavy (non-hydrogen) atoms. The highest BCUT2D eigenvalue weighted by Gasteiger charge is 2.54. The van der Waals surface area contributed by atoms with Crippen molar-refractivity contribution in [2.24, 2.45) is 0 Å². The predicted molar refractivity (Wildman–Crippen MR) is 362 cm³/mol. The Labute approximate surface area is 568 Å². The summed E-state index contributed by atoms with van der Waals surface area (Å²) in [5, 5.41) is 25.1. The van der Waals surface area contributed by atoms with Crippen LogP contribution < -0.4 is 0 Å². The smallest absolute Gasteiger partial charge is 0.187 e. The normalized spacial score (nSPS) is 25.7. The summed E-state index contributed by atoms with van der Waals surface area (Å²) in [7, 11) is 0. The molecule has 0 bridgehead atoms. The van der Waals surface area contributed by atoms with Crippen molar-refractivity contribution < 1.29 is 76.5 Å². The van der Waals surface area contributed by atoms with E-state index in [1.54, 1.807) is 0 Å². The second-order valence-corrected chi connectivity index (χ2v) is 24.4. The lowest BCUT2D eigenvalue weighted by molar-refractivity contribution is -0.359. The quantitative estimate of drug-likeness (QED) is 0.0390. The van der Waals surface area contributed by atoms with Crippen LogP contribution in [-0.2, 0) is 126 Å². The summed E-state index contributed by atoms with van der Waals surface area (Å²) >= 11 is 0. The fourth-order valence-electron chi connectivity index (χ4n) is 12.3. The first-order valence-electron chi connectivity index (χ1n) is 33.4. The fourth-order valence-corrected chi connectivity index (χ4v) is 12.3. The summed E-state index contributed by atoms with van der Waals surface area (Å²) in [6.45, 7) is 1.23. The van der Waals surface area contributed by atoms with Gasteiger partial charge < -0.3 is 76.5 Å². The molecule has 16 nitrogen and oxygen atoms in total. The Morgan fingerprint density at radius 1 is 0.216 bits per heavy atom. The second-order valence-electron chi connectivity index (χ2n) is 24.4. The molecule has 12 rings (SSSR count). The third-order valence-corrected chi connectivity index (χ3v) is 17.3. The molecule has 0 aromatic heterocycles. The lowest BCUT2D eigenvalue weighted by Gasteiger charge is -2.48. The predicted octanol–water partition coefficient (Wildman–Crippen LogP) is 12.4. The van der Waals surface area contributed by atoms with Crippen LogP contribution in [0.3, 0.4) is 0 Å². The monoisotopic (exact) mass is 1310 g/mol. The van der Waals surface area contributed by atoms with Crippen molar-refractivity contribution in [1.82, 2.24) is 0 Å². The van der Waals surface area contributed by atoms with Crippen LogP contribution in [0.1, 0.15) is 50.1 Å². The van der Waals surface area contributed by atoms with Gasteiger partial charge in [0.15, 0.2) is 18.9 Å². The SMILES string of the molecule is O[C@@H]1[C@@H](OC[C@H]2O[C@H](OC[C@H]3O[C@H](O)[C@@H](OCc4ccccc4)[C@@H](OCc4ccccc4)[C@@H]3OCc3ccccc3)[C@@H](OCc3ccccc3)[C@@H](OCc3ccccc3)[C@@H]2OCc2ccccc2)O[C@H](COCc2ccccc2)[C@@H](OCc2ccccc2)[C@@H]1OCc1ccccc1. The Bertz CT molecular complexity index is 3600. The van der Waals surface area contributed by atoms with Crippen LogP contribution in [-0.4, -0.2) is 122 Å². The molecule has 0 spiro atoms. The van der Waals surface area contributed by atoms with Crippen molar-refractivity contribution in [1.29, 1.82) is 0 Å². The molecule has 3 saturated heterocycles. The van der Waals surface area contributed by atoms with Crippen molar-refractivity contribution in [3.63, 3.8) is 0 Å².